The maximum absolute atomic E-state index is 5.87. The zero-order chi connectivity index (χ0) is 17.2. The molecule has 0 saturated heterocycles. The van der Waals surface area contributed by atoms with Crippen LogP contribution in [-0.4, -0.2) is 19.6 Å². The van der Waals surface area contributed by atoms with E-state index in [0.29, 0.717) is 11.1 Å². The van der Waals surface area contributed by atoms with Gasteiger partial charge >= 0.3 is 0 Å². The van der Waals surface area contributed by atoms with Crippen LogP contribution in [0.15, 0.2) is 44.3 Å². The van der Waals surface area contributed by atoms with Gasteiger partial charge in [-0.05, 0) is 23.5 Å². The van der Waals surface area contributed by atoms with Crippen molar-refractivity contribution < 1.29 is 4.42 Å². The summed E-state index contributed by atoms with van der Waals surface area (Å²) < 4.78 is 11.1. The van der Waals surface area contributed by atoms with Crippen molar-refractivity contribution in [2.45, 2.75) is 55.0 Å². The van der Waals surface area contributed by atoms with Crippen molar-refractivity contribution in [3.05, 3.63) is 47.6 Å². The van der Waals surface area contributed by atoms with Crippen molar-refractivity contribution in [2.24, 2.45) is 0 Å². The molecule has 0 aliphatic heterocycles. The van der Waals surface area contributed by atoms with Gasteiger partial charge in [0.1, 0.15) is 5.82 Å². The normalized spacial score (nSPS) is 13.2. The van der Waals surface area contributed by atoms with E-state index in [4.69, 9.17) is 4.42 Å². The standard InChI is InChI=1S/C17H20N4OS2/c1-5-12(11-9-7-6-8-10-11)13-19-20-15(22-13)23-16-18-14(21-24-16)17(2,3)4/h6-10,12H,5H2,1-4H3. The van der Waals surface area contributed by atoms with E-state index in [0.717, 1.165) is 16.6 Å². The summed E-state index contributed by atoms with van der Waals surface area (Å²) in [6.45, 7) is 8.41. The Morgan fingerprint density at radius 3 is 2.54 bits per heavy atom. The van der Waals surface area contributed by atoms with Gasteiger partial charge < -0.3 is 4.42 Å². The molecule has 2 aromatic heterocycles. The Morgan fingerprint density at radius 1 is 1.17 bits per heavy atom. The van der Waals surface area contributed by atoms with Gasteiger partial charge in [0.2, 0.25) is 5.89 Å². The first-order valence-corrected chi connectivity index (χ1v) is 9.46. The summed E-state index contributed by atoms with van der Waals surface area (Å²) in [6.07, 6.45) is 0.906. The molecule has 0 spiro atoms. The first-order chi connectivity index (χ1) is 11.5. The van der Waals surface area contributed by atoms with Crippen LogP contribution in [-0.2, 0) is 5.41 Å². The molecular formula is C17H20N4OS2. The van der Waals surface area contributed by atoms with Gasteiger partial charge in [-0.3, -0.25) is 0 Å². The van der Waals surface area contributed by atoms with Gasteiger partial charge in [-0.1, -0.05) is 58.0 Å². The molecule has 7 heteroatoms. The fraction of sp³-hybridized carbons (Fsp3) is 0.412. The van der Waals surface area contributed by atoms with Gasteiger partial charge in [-0.25, -0.2) is 4.98 Å². The van der Waals surface area contributed by atoms with E-state index in [2.05, 4.69) is 59.4 Å². The third-order valence-corrected chi connectivity index (χ3v) is 5.17. The van der Waals surface area contributed by atoms with Crippen LogP contribution in [0.1, 0.15) is 57.3 Å². The fourth-order valence-electron chi connectivity index (χ4n) is 2.27. The zero-order valence-electron chi connectivity index (χ0n) is 14.2. The molecule has 3 rings (SSSR count). The summed E-state index contributed by atoms with van der Waals surface area (Å²) in [6, 6.07) is 10.2. The second kappa shape index (κ2) is 7.03. The number of aromatic nitrogens is 4. The van der Waals surface area contributed by atoms with Crippen LogP contribution >= 0.6 is 23.3 Å². The van der Waals surface area contributed by atoms with Crippen LogP contribution in [0.25, 0.3) is 0 Å². The summed E-state index contributed by atoms with van der Waals surface area (Å²) in [5, 5.41) is 8.91. The van der Waals surface area contributed by atoms with Crippen LogP contribution in [0.2, 0.25) is 0 Å². The van der Waals surface area contributed by atoms with E-state index in [-0.39, 0.29) is 11.3 Å². The molecule has 0 bridgehead atoms. The predicted octanol–water partition coefficient (Wildman–Crippen LogP) is 4.91. The maximum Gasteiger partial charge on any atom is 0.283 e. The number of benzene rings is 1. The highest BCUT2D eigenvalue weighted by atomic mass is 32.2. The summed E-state index contributed by atoms with van der Waals surface area (Å²) >= 11 is 2.74. The lowest BCUT2D eigenvalue weighted by Gasteiger charge is -2.11. The summed E-state index contributed by atoms with van der Waals surface area (Å²) in [5.74, 6) is 1.60. The first kappa shape index (κ1) is 17.1. The molecule has 1 aromatic carbocycles. The highest BCUT2D eigenvalue weighted by Gasteiger charge is 2.22. The Balaban J connectivity index is 1.77. The third kappa shape index (κ3) is 3.84. The lowest BCUT2D eigenvalue weighted by atomic mass is 9.96. The van der Waals surface area contributed by atoms with Crippen LogP contribution in [0.3, 0.4) is 0 Å². The molecule has 2 heterocycles. The minimum absolute atomic E-state index is 0.0596. The van der Waals surface area contributed by atoms with Crippen LogP contribution in [0.5, 0.6) is 0 Å². The van der Waals surface area contributed by atoms with Crippen molar-refractivity contribution in [3.63, 3.8) is 0 Å². The van der Waals surface area contributed by atoms with E-state index in [1.807, 2.05) is 18.2 Å². The topological polar surface area (TPSA) is 64.7 Å². The van der Waals surface area contributed by atoms with Crippen molar-refractivity contribution in [1.29, 1.82) is 0 Å². The molecule has 126 valence electrons. The second-order valence-corrected chi connectivity index (χ2v) is 8.46. The van der Waals surface area contributed by atoms with Crippen LogP contribution in [0, 0.1) is 0 Å². The molecular weight excluding hydrogens is 340 g/mol. The molecule has 0 N–H and O–H groups in total. The second-order valence-electron chi connectivity index (χ2n) is 6.51. The molecule has 0 radical (unpaired) electrons. The SMILES string of the molecule is CCC(c1ccccc1)c1nnc(Sc2nc(C(C)(C)C)ns2)o1. The molecule has 24 heavy (non-hydrogen) atoms. The van der Waals surface area contributed by atoms with E-state index in [1.165, 1.54) is 28.9 Å². The highest BCUT2D eigenvalue weighted by Crippen LogP contribution is 2.33. The third-order valence-electron chi connectivity index (χ3n) is 3.58. The van der Waals surface area contributed by atoms with Crippen molar-refractivity contribution in [1.82, 2.24) is 19.6 Å². The number of nitrogens with zero attached hydrogens (tertiary/aromatic N) is 4. The number of hydrogen-bond donors (Lipinski definition) is 0. The minimum Gasteiger partial charge on any atom is -0.415 e. The molecule has 0 aliphatic rings. The quantitative estimate of drug-likeness (QED) is 0.644. The monoisotopic (exact) mass is 360 g/mol. The van der Waals surface area contributed by atoms with Gasteiger partial charge in [0.05, 0.1) is 5.92 Å². The zero-order valence-corrected chi connectivity index (χ0v) is 15.8. The molecule has 3 aromatic rings. The van der Waals surface area contributed by atoms with Gasteiger partial charge in [-0.15, -0.1) is 10.2 Å². The Kier molecular flexibility index (Phi) is 5.01. The van der Waals surface area contributed by atoms with E-state index in [9.17, 15) is 0 Å². The Labute approximate surface area is 150 Å². The molecule has 0 saturated carbocycles. The Morgan fingerprint density at radius 2 is 1.92 bits per heavy atom. The van der Waals surface area contributed by atoms with Crippen molar-refractivity contribution in [2.75, 3.05) is 0 Å². The molecule has 0 fully saturated rings. The highest BCUT2D eigenvalue weighted by molar-refractivity contribution is 8.00. The van der Waals surface area contributed by atoms with E-state index >= 15 is 0 Å². The van der Waals surface area contributed by atoms with Crippen molar-refractivity contribution in [3.8, 4) is 0 Å². The summed E-state index contributed by atoms with van der Waals surface area (Å²) in [5.41, 5.74) is 1.13. The van der Waals surface area contributed by atoms with E-state index < -0.39 is 0 Å². The average molecular weight is 361 g/mol. The summed E-state index contributed by atoms with van der Waals surface area (Å²) in [4.78, 5) is 4.55. The van der Waals surface area contributed by atoms with Gasteiger partial charge in [0.25, 0.3) is 5.22 Å². The van der Waals surface area contributed by atoms with Gasteiger partial charge in [0, 0.05) is 17.2 Å². The largest absolute Gasteiger partial charge is 0.415 e. The van der Waals surface area contributed by atoms with Gasteiger partial charge in [0.15, 0.2) is 4.34 Å². The Hall–Kier alpha value is -1.73. The fourth-order valence-corrected chi connectivity index (χ4v) is 3.84. The molecule has 1 unspecified atom stereocenters. The van der Waals surface area contributed by atoms with Crippen LogP contribution < -0.4 is 0 Å². The summed E-state index contributed by atoms with van der Waals surface area (Å²) in [7, 11) is 0. The predicted molar refractivity (Wildman–Crippen MR) is 95.6 cm³/mol. The number of hydrogen-bond acceptors (Lipinski definition) is 7. The lowest BCUT2D eigenvalue weighted by Crippen LogP contribution is -2.12. The maximum atomic E-state index is 5.87. The Bertz CT molecular complexity index is 792. The van der Waals surface area contributed by atoms with Gasteiger partial charge in [-0.2, -0.15) is 4.37 Å². The molecule has 5 nitrogen and oxygen atoms in total. The smallest absolute Gasteiger partial charge is 0.283 e. The lowest BCUT2D eigenvalue weighted by molar-refractivity contribution is 0.395. The first-order valence-electron chi connectivity index (χ1n) is 7.87. The van der Waals surface area contributed by atoms with Crippen LogP contribution in [0.4, 0.5) is 0 Å². The molecule has 1 atom stereocenters. The minimum atomic E-state index is -0.0596. The molecule has 0 aliphatic carbocycles. The number of rotatable bonds is 5. The average Bonchev–Trinajstić information content (AvgIpc) is 3.19. The van der Waals surface area contributed by atoms with E-state index in [1.54, 1.807) is 0 Å². The van der Waals surface area contributed by atoms with Crippen molar-refractivity contribution >= 4 is 23.3 Å². The molecule has 0 amide bonds.